The van der Waals surface area contributed by atoms with E-state index in [1.54, 1.807) is 12.1 Å². The first-order valence-corrected chi connectivity index (χ1v) is 6.58. The Morgan fingerprint density at radius 3 is 2.56 bits per heavy atom. The second-order valence-corrected chi connectivity index (χ2v) is 4.61. The Labute approximate surface area is 110 Å². The number of rotatable bonds is 7. The van der Waals surface area contributed by atoms with E-state index in [1.807, 2.05) is 12.1 Å². The van der Waals surface area contributed by atoms with Crippen molar-refractivity contribution in [3.63, 3.8) is 0 Å². The smallest absolute Gasteiger partial charge is 0.337 e. The average molecular weight is 249 g/mol. The normalized spacial score (nSPS) is 12.2. The van der Waals surface area contributed by atoms with Gasteiger partial charge in [-0.2, -0.15) is 0 Å². The Bertz CT molecular complexity index is 359. The van der Waals surface area contributed by atoms with Crippen LogP contribution in [-0.2, 0) is 11.3 Å². The fourth-order valence-electron chi connectivity index (χ4n) is 1.78. The fraction of sp³-hybridized carbons (Fsp3) is 0.533. The summed E-state index contributed by atoms with van der Waals surface area (Å²) in [7, 11) is 1.40. The van der Waals surface area contributed by atoms with E-state index in [1.165, 1.54) is 31.9 Å². The van der Waals surface area contributed by atoms with Gasteiger partial charge in [0.2, 0.25) is 0 Å². The second-order valence-electron chi connectivity index (χ2n) is 4.61. The van der Waals surface area contributed by atoms with Crippen LogP contribution in [0.1, 0.15) is 49.0 Å². The van der Waals surface area contributed by atoms with Gasteiger partial charge < -0.3 is 10.1 Å². The van der Waals surface area contributed by atoms with Gasteiger partial charge in [0.05, 0.1) is 12.7 Å². The second kappa shape index (κ2) is 7.88. The molecule has 1 aromatic carbocycles. The highest BCUT2D eigenvalue weighted by Crippen LogP contribution is 2.07. The molecule has 0 aromatic heterocycles. The van der Waals surface area contributed by atoms with Gasteiger partial charge in [0, 0.05) is 12.6 Å². The molecule has 1 unspecified atom stereocenters. The summed E-state index contributed by atoms with van der Waals surface area (Å²) in [5.41, 5.74) is 1.78. The maximum atomic E-state index is 11.3. The van der Waals surface area contributed by atoms with Crippen LogP contribution >= 0.6 is 0 Å². The summed E-state index contributed by atoms with van der Waals surface area (Å²) in [6.45, 7) is 5.25. The van der Waals surface area contributed by atoms with E-state index in [4.69, 9.17) is 0 Å². The first-order chi connectivity index (χ1) is 8.67. The molecule has 0 fully saturated rings. The first kappa shape index (κ1) is 14.7. The van der Waals surface area contributed by atoms with Crippen molar-refractivity contribution in [2.75, 3.05) is 7.11 Å². The number of benzene rings is 1. The Balaban J connectivity index is 2.41. The highest BCUT2D eigenvalue weighted by Gasteiger charge is 2.05. The molecule has 3 heteroatoms. The van der Waals surface area contributed by atoms with Crippen molar-refractivity contribution in [1.82, 2.24) is 5.32 Å². The molecule has 0 amide bonds. The Hall–Kier alpha value is -1.35. The molecule has 0 saturated carbocycles. The molecule has 1 aromatic rings. The fourth-order valence-corrected chi connectivity index (χ4v) is 1.78. The van der Waals surface area contributed by atoms with Crippen LogP contribution in [0.3, 0.4) is 0 Å². The van der Waals surface area contributed by atoms with E-state index < -0.39 is 0 Å². The van der Waals surface area contributed by atoms with Gasteiger partial charge in [-0.25, -0.2) is 4.79 Å². The van der Waals surface area contributed by atoms with Gasteiger partial charge in [-0.05, 0) is 31.0 Å². The molecule has 0 saturated heterocycles. The van der Waals surface area contributed by atoms with Crippen LogP contribution in [0.2, 0.25) is 0 Å². The third-order valence-corrected chi connectivity index (χ3v) is 3.02. The minimum absolute atomic E-state index is 0.286. The van der Waals surface area contributed by atoms with Crippen molar-refractivity contribution in [3.8, 4) is 0 Å². The molecule has 0 spiro atoms. The molecule has 1 atom stereocenters. The molecule has 3 nitrogen and oxygen atoms in total. The summed E-state index contributed by atoms with van der Waals surface area (Å²) in [6, 6.07) is 8.07. The zero-order chi connectivity index (χ0) is 13.4. The highest BCUT2D eigenvalue weighted by atomic mass is 16.5. The number of nitrogens with one attached hydrogen (secondary N) is 1. The monoisotopic (exact) mass is 249 g/mol. The third kappa shape index (κ3) is 4.88. The molecule has 0 heterocycles. The van der Waals surface area contributed by atoms with Crippen molar-refractivity contribution < 1.29 is 9.53 Å². The lowest BCUT2D eigenvalue weighted by molar-refractivity contribution is 0.0600. The van der Waals surface area contributed by atoms with Crippen LogP contribution in [0.25, 0.3) is 0 Å². The van der Waals surface area contributed by atoms with Gasteiger partial charge in [0.25, 0.3) is 0 Å². The van der Waals surface area contributed by atoms with Crippen molar-refractivity contribution in [2.24, 2.45) is 0 Å². The van der Waals surface area contributed by atoms with Crippen LogP contribution in [0.5, 0.6) is 0 Å². The van der Waals surface area contributed by atoms with Gasteiger partial charge in [0.1, 0.15) is 0 Å². The molecule has 0 radical (unpaired) electrons. The summed E-state index contributed by atoms with van der Waals surface area (Å²) >= 11 is 0. The van der Waals surface area contributed by atoms with E-state index in [2.05, 4.69) is 23.9 Å². The van der Waals surface area contributed by atoms with E-state index >= 15 is 0 Å². The SMILES string of the molecule is CCCCC(C)NCc1ccc(C(=O)OC)cc1. The van der Waals surface area contributed by atoms with E-state index in [0.29, 0.717) is 11.6 Å². The van der Waals surface area contributed by atoms with Crippen LogP contribution in [0.4, 0.5) is 0 Å². The van der Waals surface area contributed by atoms with E-state index in [-0.39, 0.29) is 5.97 Å². The quantitative estimate of drug-likeness (QED) is 0.754. The summed E-state index contributed by atoms with van der Waals surface area (Å²) in [5.74, 6) is -0.286. The number of carbonyl (C=O) groups excluding carboxylic acids is 1. The molecular weight excluding hydrogens is 226 g/mol. The summed E-state index contributed by atoms with van der Waals surface area (Å²) in [4.78, 5) is 11.3. The molecule has 0 aliphatic heterocycles. The minimum atomic E-state index is -0.286. The predicted octanol–water partition coefficient (Wildman–Crippen LogP) is 3.14. The number of hydrogen-bond acceptors (Lipinski definition) is 3. The Morgan fingerprint density at radius 1 is 1.33 bits per heavy atom. The van der Waals surface area contributed by atoms with Crippen molar-refractivity contribution in [1.29, 1.82) is 0 Å². The number of carbonyl (C=O) groups is 1. The lowest BCUT2D eigenvalue weighted by Gasteiger charge is -2.13. The largest absolute Gasteiger partial charge is 0.465 e. The number of unbranched alkanes of at least 4 members (excludes halogenated alkanes) is 1. The van der Waals surface area contributed by atoms with Crippen molar-refractivity contribution in [2.45, 2.75) is 45.7 Å². The summed E-state index contributed by atoms with van der Waals surface area (Å²) in [5, 5.41) is 3.48. The summed E-state index contributed by atoms with van der Waals surface area (Å²) in [6.07, 6.45) is 3.70. The van der Waals surface area contributed by atoms with Gasteiger partial charge in [-0.3, -0.25) is 0 Å². The first-order valence-electron chi connectivity index (χ1n) is 6.58. The standard InChI is InChI=1S/C15H23NO2/c1-4-5-6-12(2)16-11-13-7-9-14(10-8-13)15(17)18-3/h7-10,12,16H,4-6,11H2,1-3H3. The van der Waals surface area contributed by atoms with Crippen molar-refractivity contribution in [3.05, 3.63) is 35.4 Å². The molecule has 1 rings (SSSR count). The molecule has 0 aliphatic rings. The van der Waals surface area contributed by atoms with Gasteiger partial charge in [0.15, 0.2) is 0 Å². The Kier molecular flexibility index (Phi) is 6.44. The maximum absolute atomic E-state index is 11.3. The van der Waals surface area contributed by atoms with E-state index in [9.17, 15) is 4.79 Å². The van der Waals surface area contributed by atoms with Gasteiger partial charge in [-0.15, -0.1) is 0 Å². The predicted molar refractivity (Wildman–Crippen MR) is 73.6 cm³/mol. The topological polar surface area (TPSA) is 38.3 Å². The molecule has 100 valence electrons. The molecule has 1 N–H and O–H groups in total. The lowest BCUT2D eigenvalue weighted by Crippen LogP contribution is -2.25. The van der Waals surface area contributed by atoms with Gasteiger partial charge in [-0.1, -0.05) is 31.9 Å². The average Bonchev–Trinajstić information content (AvgIpc) is 2.42. The van der Waals surface area contributed by atoms with Gasteiger partial charge >= 0.3 is 5.97 Å². The van der Waals surface area contributed by atoms with Crippen molar-refractivity contribution >= 4 is 5.97 Å². The van der Waals surface area contributed by atoms with E-state index in [0.717, 1.165) is 6.54 Å². The van der Waals surface area contributed by atoms with Crippen LogP contribution < -0.4 is 5.32 Å². The number of ether oxygens (including phenoxy) is 1. The highest BCUT2D eigenvalue weighted by molar-refractivity contribution is 5.89. The zero-order valence-corrected chi connectivity index (χ0v) is 11.5. The minimum Gasteiger partial charge on any atom is -0.465 e. The third-order valence-electron chi connectivity index (χ3n) is 3.02. The van der Waals surface area contributed by atoms with Crippen LogP contribution in [0, 0.1) is 0 Å². The Morgan fingerprint density at radius 2 is 2.00 bits per heavy atom. The number of hydrogen-bond donors (Lipinski definition) is 1. The summed E-state index contributed by atoms with van der Waals surface area (Å²) < 4.78 is 4.66. The number of methoxy groups -OCH3 is 1. The van der Waals surface area contributed by atoms with Crippen LogP contribution in [-0.4, -0.2) is 19.1 Å². The molecule has 0 aliphatic carbocycles. The molecule has 18 heavy (non-hydrogen) atoms. The van der Waals surface area contributed by atoms with Crippen LogP contribution in [0.15, 0.2) is 24.3 Å². The lowest BCUT2D eigenvalue weighted by atomic mass is 10.1. The molecule has 0 bridgehead atoms. The maximum Gasteiger partial charge on any atom is 0.337 e. The number of esters is 1. The molecular formula is C15H23NO2. The zero-order valence-electron chi connectivity index (χ0n) is 11.5.